The molecular weight excluding hydrogens is 1030 g/mol. The molecule has 1 aliphatic carbocycles. The molecule has 73 heavy (non-hydrogen) atoms. The van der Waals surface area contributed by atoms with E-state index in [2.05, 4.69) is 26.7 Å². The van der Waals surface area contributed by atoms with Crippen LogP contribution in [0, 0.1) is 17.7 Å². The van der Waals surface area contributed by atoms with E-state index in [9.17, 15) is 19.2 Å². The smallest absolute Gasteiger partial charge is 0.407 e. The van der Waals surface area contributed by atoms with E-state index >= 15 is 4.39 Å². The van der Waals surface area contributed by atoms with Crippen molar-refractivity contribution in [2.75, 3.05) is 27.3 Å². The molecule has 4 aromatic heterocycles. The van der Waals surface area contributed by atoms with Crippen LogP contribution in [0.25, 0.3) is 44.7 Å². The molecule has 4 N–H and O–H groups in total. The number of fused-ring (bicyclic) bond motifs is 6. The van der Waals surface area contributed by atoms with E-state index in [1.807, 2.05) is 56.5 Å². The van der Waals surface area contributed by atoms with Crippen LogP contribution in [0.5, 0.6) is 5.75 Å². The molecule has 0 spiro atoms. The summed E-state index contributed by atoms with van der Waals surface area (Å²) in [6.45, 7) is 8.57. The summed E-state index contributed by atoms with van der Waals surface area (Å²) >= 11 is 1.65. The van der Waals surface area contributed by atoms with Crippen molar-refractivity contribution in [3.8, 4) is 39.5 Å². The first-order chi connectivity index (χ1) is 33.3. The average Bonchev–Trinajstić information content (AvgIpc) is 4.21. The summed E-state index contributed by atoms with van der Waals surface area (Å²) in [5, 5.41) is 7.06. The van der Waals surface area contributed by atoms with Gasteiger partial charge in [0.1, 0.15) is 35.3 Å². The minimum absolute atomic E-state index is 0. The van der Waals surface area contributed by atoms with E-state index in [4.69, 9.17) is 29.2 Å². The lowest BCUT2D eigenvalue weighted by Gasteiger charge is -2.30. The molecule has 1 unspecified atom stereocenters. The van der Waals surface area contributed by atoms with Gasteiger partial charge in [-0.25, -0.2) is 28.9 Å². The number of nitrogens with zero attached hydrogens (tertiary/aromatic N) is 6. The highest BCUT2D eigenvalue weighted by molar-refractivity contribution is 7.59. The lowest BCUT2D eigenvalue weighted by atomic mass is 10.0. The van der Waals surface area contributed by atoms with Crippen LogP contribution in [0.2, 0.25) is 0 Å². The Morgan fingerprint density at radius 3 is 1.86 bits per heavy atom. The van der Waals surface area contributed by atoms with Crippen molar-refractivity contribution in [1.29, 1.82) is 0 Å². The second kappa shape index (κ2) is 23.5. The number of alkyl carbamates (subject to hydrolysis) is 2. The molecule has 23 heteroatoms. The molecule has 4 aliphatic rings. The highest BCUT2D eigenvalue weighted by atomic mass is 32.1. The molecule has 2 fully saturated rings. The zero-order chi connectivity index (χ0) is 48.2. The van der Waals surface area contributed by atoms with Gasteiger partial charge in [0.15, 0.2) is 5.01 Å². The molecule has 6 aromatic rings. The van der Waals surface area contributed by atoms with Crippen molar-refractivity contribution in [3.05, 3.63) is 81.8 Å². The molecule has 4 amide bonds. The average molecular weight is 1100 g/mol. The van der Waals surface area contributed by atoms with Crippen molar-refractivity contribution in [2.45, 2.75) is 109 Å². The number of nitrogens with one attached hydrogen (secondary N) is 4. The van der Waals surface area contributed by atoms with E-state index in [1.165, 1.54) is 25.2 Å². The number of amides is 4. The molecule has 7 heterocycles. The van der Waals surface area contributed by atoms with E-state index < -0.39 is 36.3 Å². The van der Waals surface area contributed by atoms with Gasteiger partial charge in [-0.3, -0.25) is 14.2 Å². The number of likely N-dealkylation sites (tertiary alicyclic amines) is 2. The van der Waals surface area contributed by atoms with Gasteiger partial charge in [-0.2, -0.15) is 54.0 Å². The maximum atomic E-state index is 17.0. The largest absolute Gasteiger partial charge is 0.462 e. The van der Waals surface area contributed by atoms with Gasteiger partial charge in [0.25, 0.3) is 0 Å². The Morgan fingerprint density at radius 2 is 1.32 bits per heavy atom. The van der Waals surface area contributed by atoms with Crippen LogP contribution < -0.4 is 15.4 Å². The number of aryl methyl sites for hydroxylation is 2. The third-order valence-electron chi connectivity index (χ3n) is 14.0. The van der Waals surface area contributed by atoms with Gasteiger partial charge in [0.2, 0.25) is 18.0 Å². The predicted octanol–water partition coefficient (Wildman–Crippen LogP) is 9.04. The number of aromatic nitrogens is 6. The third kappa shape index (κ3) is 10.8. The number of halogens is 1. The minimum Gasteiger partial charge on any atom is -0.462 e. The molecule has 0 bridgehead atoms. The topological polar surface area (TPSA) is 202 Å². The van der Waals surface area contributed by atoms with Crippen LogP contribution in [0.1, 0.15) is 112 Å². The number of hydrogen-bond acceptors (Lipinski definition) is 11. The summed E-state index contributed by atoms with van der Waals surface area (Å²) in [5.74, 6) is 0.407. The molecule has 2 aromatic carbocycles. The quantitative estimate of drug-likeness (QED) is 0.0970. The maximum Gasteiger partial charge on any atom is 0.407 e. The van der Waals surface area contributed by atoms with Crippen molar-refractivity contribution in [1.82, 2.24) is 49.9 Å². The number of carbonyl (C=O) groups excluding carboxylic acids is 4. The first kappa shape index (κ1) is 56.9. The van der Waals surface area contributed by atoms with Gasteiger partial charge in [-0.1, -0.05) is 33.8 Å². The number of thiazole rings is 1. The number of rotatable bonds is 11. The molecule has 10 rings (SSSR count). The van der Waals surface area contributed by atoms with Gasteiger partial charge in [-0.05, 0) is 93.5 Å². The summed E-state index contributed by atoms with van der Waals surface area (Å²) in [5.41, 5.74) is 5.66. The Balaban J connectivity index is 0.00000217. The fraction of sp³-hybridized carbons (Fsp3) is 0.460. The van der Waals surface area contributed by atoms with Crippen molar-refractivity contribution >= 4 is 100 Å². The van der Waals surface area contributed by atoms with Crippen molar-refractivity contribution in [2.24, 2.45) is 11.8 Å². The number of imidazole rings is 2. The monoisotopic (exact) mass is 1100 g/mol. The lowest BCUT2D eigenvalue weighted by Crippen LogP contribution is -2.51. The second-order valence-electron chi connectivity index (χ2n) is 19.1. The Bertz CT molecular complexity index is 2950. The van der Waals surface area contributed by atoms with E-state index in [-0.39, 0.29) is 89.7 Å². The highest BCUT2D eigenvalue weighted by Gasteiger charge is 2.40. The van der Waals surface area contributed by atoms with Crippen molar-refractivity contribution < 1.29 is 37.8 Å². The fourth-order valence-electron chi connectivity index (χ4n) is 10.4. The number of aromatic amines is 2. The van der Waals surface area contributed by atoms with Crippen molar-refractivity contribution in [3.63, 3.8) is 0 Å². The standard InChI is InChI=1S/C50H57FN10O7S.4H2S/c1-25(2)41(57-49(64)66-5)46(62)59-17-9-12-35(59)43-52-23-32(54-43)27-15-16-34-29(19-27)21-37-40-30(51)20-28(22-38(40)68-48(61(34)37)45-56-31-11-7-8-14-39(31)69-45)33-24-53-44(55-33)36-13-10-18-60(36)47(63)42(26(3)4)58-50(65)67-6;;;;/h15-16,19-26,35-36,41-42,48H,7-14,17-18H2,1-6H3,(H,52,54)(H,53,55)(H,57,64)(H,58,65);4*1H2/t35-,36-,41-,42-,48?;;;;/m0..../s1. The number of carbonyl (C=O) groups is 4. The number of H-pyrrole nitrogens is 2. The minimum atomic E-state index is -0.773. The Hall–Kier alpha value is -5.36. The van der Waals surface area contributed by atoms with Crippen LogP contribution in [0.15, 0.2) is 48.8 Å². The predicted molar refractivity (Wildman–Crippen MR) is 297 cm³/mol. The second-order valence-corrected chi connectivity index (χ2v) is 20.2. The van der Waals surface area contributed by atoms with Crippen LogP contribution in [0.4, 0.5) is 14.0 Å². The highest BCUT2D eigenvalue weighted by Crippen LogP contribution is 2.48. The van der Waals surface area contributed by atoms with Crippen LogP contribution in [-0.2, 0) is 31.9 Å². The Kier molecular flexibility index (Phi) is 18.3. The van der Waals surface area contributed by atoms with E-state index in [0.29, 0.717) is 59.4 Å². The SMILES string of the molecule is COC(=O)N[C@H](C(=O)N1CCC[C@H]1c1ncc(-c2cc(F)c3c(c2)OC(c2nc4c(s2)CCCC4)n2c-3cc3cc(-c4cnc([C@@H]5CCCN5C(=O)[C@@H](NC(=O)OC)C(C)C)[nH]4)ccc32)[nH]1)C(C)C.S.S.S.S. The summed E-state index contributed by atoms with van der Waals surface area (Å²) in [6, 6.07) is 9.23. The number of methoxy groups -OCH3 is 2. The summed E-state index contributed by atoms with van der Waals surface area (Å²) in [7, 11) is 2.55. The number of benzene rings is 2. The first-order valence-electron chi connectivity index (χ1n) is 23.9. The van der Waals surface area contributed by atoms with E-state index in [1.54, 1.807) is 33.5 Å². The Labute approximate surface area is 455 Å². The summed E-state index contributed by atoms with van der Waals surface area (Å²) in [4.78, 5) is 78.2. The molecule has 5 atom stereocenters. The summed E-state index contributed by atoms with van der Waals surface area (Å²) in [6.07, 6.45) is 8.45. The van der Waals surface area contributed by atoms with Gasteiger partial charge in [0, 0.05) is 34.5 Å². The van der Waals surface area contributed by atoms with Gasteiger partial charge < -0.3 is 44.6 Å². The molecule has 0 saturated carbocycles. The molecule has 17 nitrogen and oxygen atoms in total. The number of ether oxygens (including phenoxy) is 3. The van der Waals surface area contributed by atoms with Gasteiger partial charge >= 0.3 is 12.2 Å². The molecule has 394 valence electrons. The lowest BCUT2D eigenvalue weighted by molar-refractivity contribution is -0.136. The van der Waals surface area contributed by atoms with Crippen LogP contribution in [0.3, 0.4) is 0 Å². The summed E-state index contributed by atoms with van der Waals surface area (Å²) < 4.78 is 35.5. The fourth-order valence-corrected chi connectivity index (χ4v) is 11.6. The number of hydrogen-bond donors (Lipinski definition) is 4. The third-order valence-corrected chi connectivity index (χ3v) is 15.2. The van der Waals surface area contributed by atoms with E-state index in [0.717, 1.165) is 77.8 Å². The zero-order valence-electron chi connectivity index (χ0n) is 41.6. The van der Waals surface area contributed by atoms with Gasteiger partial charge in [0.05, 0.1) is 72.6 Å². The normalized spacial score (nSPS) is 18.5. The van der Waals surface area contributed by atoms with Crippen LogP contribution >= 0.6 is 65.3 Å². The van der Waals surface area contributed by atoms with Crippen LogP contribution in [-0.4, -0.2) is 103 Å². The maximum absolute atomic E-state index is 17.0. The molecular formula is C50H65FN10O7S5. The first-order valence-corrected chi connectivity index (χ1v) is 24.7. The molecule has 2 saturated heterocycles. The Morgan fingerprint density at radius 1 is 0.753 bits per heavy atom. The zero-order valence-corrected chi connectivity index (χ0v) is 46.4. The molecule has 0 radical (unpaired) electrons. The van der Waals surface area contributed by atoms with Gasteiger partial charge in [-0.15, -0.1) is 11.3 Å². The molecule has 3 aliphatic heterocycles.